The predicted molar refractivity (Wildman–Crippen MR) is 84.6 cm³/mol. The predicted octanol–water partition coefficient (Wildman–Crippen LogP) is 2.69. The van der Waals surface area contributed by atoms with Crippen LogP contribution in [0.5, 0.6) is 0 Å². The number of carboxylic acid groups (broad SMARTS) is 1. The topological polar surface area (TPSA) is 43.8 Å². The first-order valence-corrected chi connectivity index (χ1v) is 7.96. The SMILES string of the molecule is CCCN(CCN1CCCC1)Cc1cccc(C(=O)O)c1. The molecule has 1 aromatic rings. The third kappa shape index (κ3) is 5.14. The van der Waals surface area contributed by atoms with Gasteiger partial charge in [-0.3, -0.25) is 4.90 Å². The third-order valence-electron chi connectivity index (χ3n) is 4.05. The van der Waals surface area contributed by atoms with Gasteiger partial charge in [-0.1, -0.05) is 19.1 Å². The van der Waals surface area contributed by atoms with Gasteiger partial charge in [0.1, 0.15) is 0 Å². The van der Waals surface area contributed by atoms with Gasteiger partial charge in [0, 0.05) is 19.6 Å². The minimum Gasteiger partial charge on any atom is -0.478 e. The maximum absolute atomic E-state index is 11.0. The van der Waals surface area contributed by atoms with Crippen LogP contribution in [0.3, 0.4) is 0 Å². The Morgan fingerprint density at radius 1 is 1.29 bits per heavy atom. The lowest BCUT2D eigenvalue weighted by molar-refractivity contribution is 0.0696. The summed E-state index contributed by atoms with van der Waals surface area (Å²) >= 11 is 0. The second-order valence-electron chi connectivity index (χ2n) is 5.83. The Kier molecular flexibility index (Phi) is 6.21. The lowest BCUT2D eigenvalue weighted by atomic mass is 10.1. The molecule has 1 heterocycles. The molecule has 0 amide bonds. The van der Waals surface area contributed by atoms with Gasteiger partial charge in [0.25, 0.3) is 0 Å². The average molecular weight is 290 g/mol. The fourth-order valence-corrected chi connectivity index (χ4v) is 2.94. The van der Waals surface area contributed by atoms with Crippen LogP contribution in [0, 0.1) is 0 Å². The summed E-state index contributed by atoms with van der Waals surface area (Å²) in [6.07, 6.45) is 3.78. The quantitative estimate of drug-likeness (QED) is 0.799. The van der Waals surface area contributed by atoms with Gasteiger partial charge in [-0.15, -0.1) is 0 Å². The Morgan fingerprint density at radius 3 is 2.71 bits per heavy atom. The van der Waals surface area contributed by atoms with Crippen molar-refractivity contribution in [1.82, 2.24) is 9.80 Å². The summed E-state index contributed by atoms with van der Waals surface area (Å²) in [5.41, 5.74) is 1.47. The number of carbonyl (C=O) groups is 1. The van der Waals surface area contributed by atoms with E-state index in [9.17, 15) is 4.79 Å². The molecule has 1 fully saturated rings. The van der Waals surface area contributed by atoms with Crippen molar-refractivity contribution in [3.63, 3.8) is 0 Å². The Bertz CT molecular complexity index is 456. The molecule has 0 atom stereocenters. The normalized spacial score (nSPS) is 15.7. The van der Waals surface area contributed by atoms with Crippen molar-refractivity contribution >= 4 is 5.97 Å². The molecule has 0 saturated carbocycles. The highest BCUT2D eigenvalue weighted by molar-refractivity contribution is 5.87. The maximum Gasteiger partial charge on any atom is 0.335 e. The maximum atomic E-state index is 11.0. The summed E-state index contributed by atoms with van der Waals surface area (Å²) in [4.78, 5) is 16.0. The first kappa shape index (κ1) is 16.0. The molecule has 0 aliphatic carbocycles. The number of aromatic carboxylic acids is 1. The Balaban J connectivity index is 1.91. The van der Waals surface area contributed by atoms with Crippen LogP contribution in [0.15, 0.2) is 24.3 Å². The molecule has 0 spiro atoms. The summed E-state index contributed by atoms with van der Waals surface area (Å²) in [5.74, 6) is -0.851. The van der Waals surface area contributed by atoms with Crippen LogP contribution in [-0.2, 0) is 6.54 Å². The van der Waals surface area contributed by atoms with Crippen molar-refractivity contribution in [2.75, 3.05) is 32.7 Å². The van der Waals surface area contributed by atoms with Crippen molar-refractivity contribution in [2.24, 2.45) is 0 Å². The molecule has 1 saturated heterocycles. The summed E-state index contributed by atoms with van der Waals surface area (Å²) < 4.78 is 0. The van der Waals surface area contributed by atoms with Crippen LogP contribution < -0.4 is 0 Å². The Hall–Kier alpha value is -1.39. The van der Waals surface area contributed by atoms with E-state index in [1.807, 2.05) is 12.1 Å². The number of benzene rings is 1. The molecular weight excluding hydrogens is 264 g/mol. The Morgan fingerprint density at radius 2 is 2.05 bits per heavy atom. The average Bonchev–Trinajstić information content (AvgIpc) is 2.98. The van der Waals surface area contributed by atoms with E-state index in [4.69, 9.17) is 5.11 Å². The minimum absolute atomic E-state index is 0.378. The third-order valence-corrected chi connectivity index (χ3v) is 4.05. The molecule has 0 unspecified atom stereocenters. The lowest BCUT2D eigenvalue weighted by Crippen LogP contribution is -2.34. The number of likely N-dealkylation sites (tertiary alicyclic amines) is 1. The molecule has 1 aromatic carbocycles. The van der Waals surface area contributed by atoms with E-state index in [1.165, 1.54) is 25.9 Å². The number of hydrogen-bond donors (Lipinski definition) is 1. The fraction of sp³-hybridized carbons (Fsp3) is 0.588. The highest BCUT2D eigenvalue weighted by atomic mass is 16.4. The summed E-state index contributed by atoms with van der Waals surface area (Å²) in [5, 5.41) is 9.07. The van der Waals surface area contributed by atoms with Crippen LogP contribution in [0.2, 0.25) is 0 Å². The van der Waals surface area contributed by atoms with E-state index in [2.05, 4.69) is 16.7 Å². The zero-order valence-electron chi connectivity index (χ0n) is 12.9. The molecule has 1 aliphatic rings. The fourth-order valence-electron chi connectivity index (χ4n) is 2.94. The van der Waals surface area contributed by atoms with Gasteiger partial charge in [-0.2, -0.15) is 0 Å². The van der Waals surface area contributed by atoms with E-state index in [0.29, 0.717) is 5.56 Å². The van der Waals surface area contributed by atoms with Gasteiger partial charge < -0.3 is 10.0 Å². The zero-order valence-corrected chi connectivity index (χ0v) is 12.9. The van der Waals surface area contributed by atoms with E-state index in [1.54, 1.807) is 12.1 Å². The largest absolute Gasteiger partial charge is 0.478 e. The van der Waals surface area contributed by atoms with Crippen LogP contribution in [0.4, 0.5) is 0 Å². The summed E-state index contributed by atoms with van der Waals surface area (Å²) in [6.45, 7) is 8.73. The second-order valence-corrected chi connectivity index (χ2v) is 5.83. The molecule has 116 valence electrons. The van der Waals surface area contributed by atoms with Crippen molar-refractivity contribution < 1.29 is 9.90 Å². The molecule has 1 N–H and O–H groups in total. The first-order chi connectivity index (χ1) is 10.2. The van der Waals surface area contributed by atoms with Crippen LogP contribution >= 0.6 is 0 Å². The summed E-state index contributed by atoms with van der Waals surface area (Å²) in [6, 6.07) is 7.30. The van der Waals surface area contributed by atoms with E-state index < -0.39 is 5.97 Å². The smallest absolute Gasteiger partial charge is 0.335 e. The molecule has 0 bridgehead atoms. The van der Waals surface area contributed by atoms with Gasteiger partial charge in [-0.25, -0.2) is 4.79 Å². The number of carboxylic acids is 1. The van der Waals surface area contributed by atoms with Gasteiger partial charge in [0.15, 0.2) is 0 Å². The van der Waals surface area contributed by atoms with Gasteiger partial charge in [0.05, 0.1) is 5.56 Å². The molecule has 1 aliphatic heterocycles. The summed E-state index contributed by atoms with van der Waals surface area (Å²) in [7, 11) is 0. The molecule has 4 nitrogen and oxygen atoms in total. The van der Waals surface area contributed by atoms with Gasteiger partial charge in [-0.05, 0) is 56.6 Å². The van der Waals surface area contributed by atoms with Crippen molar-refractivity contribution in [2.45, 2.75) is 32.7 Å². The standard InChI is InChI=1S/C17H26N2O2/c1-2-8-19(12-11-18-9-3-4-10-18)14-15-6-5-7-16(13-15)17(20)21/h5-7,13H,2-4,8-12,14H2,1H3,(H,20,21). The van der Waals surface area contributed by atoms with E-state index >= 15 is 0 Å². The van der Waals surface area contributed by atoms with Crippen LogP contribution in [0.1, 0.15) is 42.1 Å². The highest BCUT2D eigenvalue weighted by Gasteiger charge is 2.13. The number of rotatable bonds is 8. The zero-order chi connectivity index (χ0) is 15.1. The number of nitrogens with zero attached hydrogens (tertiary/aromatic N) is 2. The molecular formula is C17H26N2O2. The van der Waals surface area contributed by atoms with Gasteiger partial charge >= 0.3 is 5.97 Å². The van der Waals surface area contributed by atoms with Crippen LogP contribution in [0.25, 0.3) is 0 Å². The second kappa shape index (κ2) is 8.15. The molecule has 4 heteroatoms. The minimum atomic E-state index is -0.851. The highest BCUT2D eigenvalue weighted by Crippen LogP contribution is 2.11. The number of hydrogen-bond acceptors (Lipinski definition) is 3. The van der Waals surface area contributed by atoms with Crippen molar-refractivity contribution in [3.05, 3.63) is 35.4 Å². The molecule has 0 radical (unpaired) electrons. The molecule has 0 aromatic heterocycles. The van der Waals surface area contributed by atoms with E-state index in [0.717, 1.165) is 38.2 Å². The molecule has 21 heavy (non-hydrogen) atoms. The first-order valence-electron chi connectivity index (χ1n) is 7.96. The van der Waals surface area contributed by atoms with Crippen LogP contribution in [-0.4, -0.2) is 53.6 Å². The lowest BCUT2D eigenvalue weighted by Gasteiger charge is -2.25. The molecule has 2 rings (SSSR count). The monoisotopic (exact) mass is 290 g/mol. The van der Waals surface area contributed by atoms with E-state index in [-0.39, 0.29) is 0 Å². The Labute approximate surface area is 127 Å². The van der Waals surface area contributed by atoms with Crippen molar-refractivity contribution in [1.29, 1.82) is 0 Å². The van der Waals surface area contributed by atoms with Gasteiger partial charge in [0.2, 0.25) is 0 Å². The van der Waals surface area contributed by atoms with Crippen molar-refractivity contribution in [3.8, 4) is 0 Å².